The minimum atomic E-state index is -3.44. The second-order valence-corrected chi connectivity index (χ2v) is 9.23. The van der Waals surface area contributed by atoms with Crippen LogP contribution in [0.5, 0.6) is 5.75 Å². The number of sulfonamides is 1. The molecule has 0 radical (unpaired) electrons. The van der Waals surface area contributed by atoms with E-state index in [-0.39, 0.29) is 0 Å². The first-order chi connectivity index (χ1) is 12.4. The fraction of sp³-hybridized carbons (Fsp3) is 0.368. The van der Waals surface area contributed by atoms with E-state index in [1.54, 1.807) is 29.6 Å². The molecule has 7 heteroatoms. The Morgan fingerprint density at radius 2 is 1.69 bits per heavy atom. The summed E-state index contributed by atoms with van der Waals surface area (Å²) in [5.41, 5.74) is 2.12. The zero-order valence-corrected chi connectivity index (χ0v) is 17.4. The summed E-state index contributed by atoms with van der Waals surface area (Å²) in [6, 6.07) is 13.2. The Hall–Kier alpha value is -1.41. The lowest BCUT2D eigenvalue weighted by Gasteiger charge is -2.34. The average molecular weight is 439 g/mol. The van der Waals surface area contributed by atoms with Gasteiger partial charge in [0.15, 0.2) is 0 Å². The van der Waals surface area contributed by atoms with Crippen molar-refractivity contribution in [2.45, 2.75) is 18.4 Å². The lowest BCUT2D eigenvalue weighted by Crippen LogP contribution is -2.48. The van der Waals surface area contributed by atoms with Crippen LogP contribution in [0.4, 0.5) is 0 Å². The van der Waals surface area contributed by atoms with Gasteiger partial charge >= 0.3 is 0 Å². The summed E-state index contributed by atoms with van der Waals surface area (Å²) in [5.74, 6) is 0.842. The monoisotopic (exact) mass is 438 g/mol. The Balaban J connectivity index is 1.62. The van der Waals surface area contributed by atoms with Crippen LogP contribution in [0.2, 0.25) is 0 Å². The number of methoxy groups -OCH3 is 1. The fourth-order valence-electron chi connectivity index (χ4n) is 3.04. The largest absolute Gasteiger partial charge is 0.497 e. The number of rotatable bonds is 5. The standard InChI is InChI=1S/C19H23BrN2O3S/c1-15-13-18(7-8-19(15)20)26(23,24)22-11-9-21(10-12-22)14-16-3-5-17(25-2)6-4-16/h3-8,13H,9-12,14H2,1-2H3. The fourth-order valence-corrected chi connectivity index (χ4v) is 4.80. The zero-order valence-electron chi connectivity index (χ0n) is 15.0. The molecule has 1 aliphatic rings. The van der Waals surface area contributed by atoms with Crippen LogP contribution in [-0.4, -0.2) is 50.9 Å². The third-order valence-corrected chi connectivity index (χ3v) is 7.45. The first-order valence-corrected chi connectivity index (χ1v) is 10.7. The van der Waals surface area contributed by atoms with Crippen molar-refractivity contribution in [3.63, 3.8) is 0 Å². The van der Waals surface area contributed by atoms with Gasteiger partial charge in [0.1, 0.15) is 5.75 Å². The summed E-state index contributed by atoms with van der Waals surface area (Å²) < 4.78 is 33.4. The summed E-state index contributed by atoms with van der Waals surface area (Å²) in [6.07, 6.45) is 0. The molecule has 0 N–H and O–H groups in total. The lowest BCUT2D eigenvalue weighted by molar-refractivity contribution is 0.181. The molecule has 1 aliphatic heterocycles. The molecule has 0 saturated carbocycles. The summed E-state index contributed by atoms with van der Waals surface area (Å²) in [6.45, 7) is 5.17. The molecule has 0 spiro atoms. The van der Waals surface area contributed by atoms with Crippen molar-refractivity contribution in [3.8, 4) is 5.75 Å². The number of ether oxygens (including phenoxy) is 1. The van der Waals surface area contributed by atoms with Crippen LogP contribution in [0, 0.1) is 6.92 Å². The molecule has 140 valence electrons. The number of hydrogen-bond acceptors (Lipinski definition) is 4. The van der Waals surface area contributed by atoms with Crippen molar-refractivity contribution in [2.24, 2.45) is 0 Å². The molecule has 5 nitrogen and oxygen atoms in total. The molecule has 2 aromatic rings. The Morgan fingerprint density at radius 1 is 1.04 bits per heavy atom. The van der Waals surface area contributed by atoms with Crippen molar-refractivity contribution in [1.82, 2.24) is 9.21 Å². The topological polar surface area (TPSA) is 49.9 Å². The molecule has 26 heavy (non-hydrogen) atoms. The van der Waals surface area contributed by atoms with Gasteiger partial charge in [-0.3, -0.25) is 4.90 Å². The van der Waals surface area contributed by atoms with Crippen LogP contribution in [0.15, 0.2) is 51.8 Å². The van der Waals surface area contributed by atoms with Gasteiger partial charge in [0.05, 0.1) is 12.0 Å². The van der Waals surface area contributed by atoms with Gasteiger partial charge in [-0.05, 0) is 48.4 Å². The van der Waals surface area contributed by atoms with Gasteiger partial charge in [-0.15, -0.1) is 0 Å². The Bertz CT molecular complexity index is 861. The second-order valence-electron chi connectivity index (χ2n) is 6.44. The molecule has 0 atom stereocenters. The predicted molar refractivity (Wildman–Crippen MR) is 106 cm³/mol. The first-order valence-electron chi connectivity index (χ1n) is 8.52. The predicted octanol–water partition coefficient (Wildman–Crippen LogP) is 3.27. The maximum atomic E-state index is 12.9. The number of aryl methyl sites for hydroxylation is 1. The Kier molecular flexibility index (Phi) is 6.02. The van der Waals surface area contributed by atoms with Crippen LogP contribution in [-0.2, 0) is 16.6 Å². The normalized spacial score (nSPS) is 16.6. The van der Waals surface area contributed by atoms with E-state index < -0.39 is 10.0 Å². The molecular formula is C19H23BrN2O3S. The highest BCUT2D eigenvalue weighted by Gasteiger charge is 2.28. The minimum Gasteiger partial charge on any atom is -0.497 e. The molecule has 0 aliphatic carbocycles. The number of hydrogen-bond donors (Lipinski definition) is 0. The van der Waals surface area contributed by atoms with E-state index in [0.717, 1.165) is 35.4 Å². The van der Waals surface area contributed by atoms with Crippen LogP contribution < -0.4 is 4.74 Å². The average Bonchev–Trinajstić information content (AvgIpc) is 2.65. The molecule has 0 unspecified atom stereocenters. The van der Waals surface area contributed by atoms with Gasteiger partial charge in [-0.1, -0.05) is 28.1 Å². The highest BCUT2D eigenvalue weighted by molar-refractivity contribution is 9.10. The van der Waals surface area contributed by atoms with E-state index in [9.17, 15) is 8.42 Å². The van der Waals surface area contributed by atoms with Crippen molar-refractivity contribution in [2.75, 3.05) is 33.3 Å². The van der Waals surface area contributed by atoms with Gasteiger partial charge in [0, 0.05) is 37.2 Å². The van der Waals surface area contributed by atoms with Gasteiger partial charge in [0.25, 0.3) is 0 Å². The van der Waals surface area contributed by atoms with E-state index in [1.165, 1.54) is 5.56 Å². The molecule has 0 aromatic heterocycles. The molecule has 2 aromatic carbocycles. The van der Waals surface area contributed by atoms with Gasteiger partial charge in [-0.2, -0.15) is 4.31 Å². The van der Waals surface area contributed by atoms with Gasteiger partial charge < -0.3 is 4.74 Å². The minimum absolute atomic E-state index is 0.363. The third-order valence-electron chi connectivity index (χ3n) is 4.66. The summed E-state index contributed by atoms with van der Waals surface area (Å²) in [4.78, 5) is 2.64. The molecule has 1 saturated heterocycles. The highest BCUT2D eigenvalue weighted by Crippen LogP contribution is 2.24. The number of nitrogens with zero attached hydrogens (tertiary/aromatic N) is 2. The zero-order chi connectivity index (χ0) is 18.7. The number of piperazine rings is 1. The maximum absolute atomic E-state index is 12.9. The van der Waals surface area contributed by atoms with Crippen LogP contribution in [0.25, 0.3) is 0 Å². The van der Waals surface area contributed by atoms with E-state index in [4.69, 9.17) is 4.74 Å². The smallest absolute Gasteiger partial charge is 0.243 e. The lowest BCUT2D eigenvalue weighted by atomic mass is 10.2. The second kappa shape index (κ2) is 8.08. The van der Waals surface area contributed by atoms with E-state index in [1.807, 2.05) is 31.2 Å². The van der Waals surface area contributed by atoms with Crippen molar-refractivity contribution in [3.05, 3.63) is 58.1 Å². The maximum Gasteiger partial charge on any atom is 0.243 e. The molecule has 1 fully saturated rings. The van der Waals surface area contributed by atoms with Crippen molar-refractivity contribution < 1.29 is 13.2 Å². The highest BCUT2D eigenvalue weighted by atomic mass is 79.9. The van der Waals surface area contributed by atoms with E-state index >= 15 is 0 Å². The summed E-state index contributed by atoms with van der Waals surface area (Å²) in [5, 5.41) is 0. The van der Waals surface area contributed by atoms with Crippen molar-refractivity contribution >= 4 is 26.0 Å². The third kappa shape index (κ3) is 4.28. The quantitative estimate of drug-likeness (QED) is 0.718. The SMILES string of the molecule is COc1ccc(CN2CCN(S(=O)(=O)c3ccc(Br)c(C)c3)CC2)cc1. The van der Waals surface area contributed by atoms with Gasteiger partial charge in [0.2, 0.25) is 10.0 Å². The molecule has 0 bridgehead atoms. The molecular weight excluding hydrogens is 416 g/mol. The first kappa shape index (κ1) is 19.4. The van der Waals surface area contributed by atoms with E-state index in [0.29, 0.717) is 18.0 Å². The number of halogens is 1. The molecule has 1 heterocycles. The van der Waals surface area contributed by atoms with Crippen LogP contribution in [0.3, 0.4) is 0 Å². The Labute approximate surface area is 163 Å². The molecule has 3 rings (SSSR count). The van der Waals surface area contributed by atoms with Gasteiger partial charge in [-0.25, -0.2) is 8.42 Å². The van der Waals surface area contributed by atoms with E-state index in [2.05, 4.69) is 20.8 Å². The molecule has 0 amide bonds. The van der Waals surface area contributed by atoms with Crippen LogP contribution in [0.1, 0.15) is 11.1 Å². The number of benzene rings is 2. The summed E-state index contributed by atoms with van der Waals surface area (Å²) >= 11 is 3.42. The Morgan fingerprint density at radius 3 is 2.27 bits per heavy atom. The summed E-state index contributed by atoms with van der Waals surface area (Å²) in [7, 11) is -1.78. The van der Waals surface area contributed by atoms with Crippen LogP contribution >= 0.6 is 15.9 Å². The van der Waals surface area contributed by atoms with Crippen molar-refractivity contribution in [1.29, 1.82) is 0 Å².